The van der Waals surface area contributed by atoms with Gasteiger partial charge in [0, 0.05) is 10.6 Å². The first-order chi connectivity index (χ1) is 14.7. The van der Waals surface area contributed by atoms with Crippen molar-refractivity contribution < 1.29 is 9.53 Å². The van der Waals surface area contributed by atoms with Gasteiger partial charge in [0.05, 0.1) is 6.21 Å². The molecule has 0 unspecified atom stereocenters. The van der Waals surface area contributed by atoms with Crippen LogP contribution in [0, 0.1) is 0 Å². The second kappa shape index (κ2) is 9.25. The second-order valence-corrected chi connectivity index (χ2v) is 7.15. The van der Waals surface area contributed by atoms with Gasteiger partial charge in [-0.2, -0.15) is 5.10 Å². The van der Waals surface area contributed by atoms with E-state index in [1.54, 1.807) is 12.3 Å². The maximum atomic E-state index is 12.5. The van der Waals surface area contributed by atoms with Crippen LogP contribution in [-0.4, -0.2) is 12.1 Å². The highest BCUT2D eigenvalue weighted by Crippen LogP contribution is 2.18. The van der Waals surface area contributed by atoms with Crippen molar-refractivity contribution in [1.29, 1.82) is 0 Å². The SMILES string of the molecule is O=C(N/N=C/c1ccc(OCc2ccc(Cl)cc2)cc1)c1cccc2ccccc12. The van der Waals surface area contributed by atoms with Gasteiger partial charge in [-0.1, -0.05) is 60.1 Å². The van der Waals surface area contributed by atoms with Crippen molar-refractivity contribution in [3.63, 3.8) is 0 Å². The number of hydrazone groups is 1. The van der Waals surface area contributed by atoms with E-state index in [2.05, 4.69) is 10.5 Å². The average Bonchev–Trinajstić information content (AvgIpc) is 2.79. The summed E-state index contributed by atoms with van der Waals surface area (Å²) < 4.78 is 5.77. The number of hydrogen-bond donors (Lipinski definition) is 1. The number of amides is 1. The minimum absolute atomic E-state index is 0.244. The van der Waals surface area contributed by atoms with Gasteiger partial charge in [-0.15, -0.1) is 0 Å². The van der Waals surface area contributed by atoms with Crippen molar-refractivity contribution in [2.75, 3.05) is 0 Å². The smallest absolute Gasteiger partial charge is 0.271 e. The molecule has 0 atom stereocenters. The monoisotopic (exact) mass is 414 g/mol. The summed E-state index contributed by atoms with van der Waals surface area (Å²) in [4.78, 5) is 12.5. The zero-order valence-electron chi connectivity index (χ0n) is 16.1. The van der Waals surface area contributed by atoms with Crippen molar-refractivity contribution in [2.24, 2.45) is 5.10 Å². The van der Waals surface area contributed by atoms with Crippen molar-refractivity contribution in [1.82, 2.24) is 5.43 Å². The van der Waals surface area contributed by atoms with Crippen LogP contribution >= 0.6 is 11.6 Å². The van der Waals surface area contributed by atoms with E-state index in [0.717, 1.165) is 27.6 Å². The number of fused-ring (bicyclic) bond motifs is 1. The van der Waals surface area contributed by atoms with Crippen LogP contribution in [0.2, 0.25) is 5.02 Å². The van der Waals surface area contributed by atoms with Gasteiger partial charge in [0.1, 0.15) is 12.4 Å². The van der Waals surface area contributed by atoms with Gasteiger partial charge in [-0.25, -0.2) is 5.43 Å². The molecule has 0 saturated carbocycles. The molecule has 1 N–H and O–H groups in total. The molecule has 5 heteroatoms. The Morgan fingerprint density at radius 2 is 1.63 bits per heavy atom. The standard InChI is InChI=1S/C25H19ClN2O2/c26-21-12-8-19(9-13-21)17-30-22-14-10-18(11-15-22)16-27-28-25(29)24-7-3-5-20-4-1-2-6-23(20)24/h1-16H,17H2,(H,28,29)/b27-16+. The molecule has 0 aliphatic rings. The molecule has 0 aromatic heterocycles. The number of ether oxygens (including phenoxy) is 1. The summed E-state index contributed by atoms with van der Waals surface area (Å²) in [5.41, 5.74) is 5.08. The second-order valence-electron chi connectivity index (χ2n) is 6.71. The maximum absolute atomic E-state index is 12.5. The predicted octanol–water partition coefficient (Wildman–Crippen LogP) is 5.84. The Hall–Kier alpha value is -3.63. The summed E-state index contributed by atoms with van der Waals surface area (Å²) in [5.74, 6) is 0.507. The lowest BCUT2D eigenvalue weighted by Gasteiger charge is -2.07. The number of benzene rings is 4. The van der Waals surface area contributed by atoms with E-state index in [-0.39, 0.29) is 5.91 Å². The largest absolute Gasteiger partial charge is 0.489 e. The first kappa shape index (κ1) is 19.7. The molecular formula is C25H19ClN2O2. The van der Waals surface area contributed by atoms with Crippen molar-refractivity contribution in [3.8, 4) is 5.75 Å². The summed E-state index contributed by atoms with van der Waals surface area (Å²) >= 11 is 5.89. The van der Waals surface area contributed by atoms with Crippen molar-refractivity contribution in [2.45, 2.75) is 6.61 Å². The molecule has 4 rings (SSSR count). The molecule has 0 fully saturated rings. The number of nitrogens with one attached hydrogen (secondary N) is 1. The first-order valence-electron chi connectivity index (χ1n) is 9.47. The zero-order chi connectivity index (χ0) is 20.8. The van der Waals surface area contributed by atoms with Gasteiger partial charge >= 0.3 is 0 Å². The topological polar surface area (TPSA) is 50.7 Å². The minimum atomic E-state index is -0.244. The Morgan fingerprint density at radius 3 is 2.43 bits per heavy atom. The summed E-state index contributed by atoms with van der Waals surface area (Å²) in [5, 5.41) is 6.70. The molecule has 0 spiro atoms. The van der Waals surface area contributed by atoms with E-state index in [1.807, 2.05) is 84.9 Å². The quantitative estimate of drug-likeness (QED) is 0.318. The molecule has 4 aromatic carbocycles. The van der Waals surface area contributed by atoms with Crippen LogP contribution in [0.3, 0.4) is 0 Å². The van der Waals surface area contributed by atoms with Gasteiger partial charge in [0.2, 0.25) is 0 Å². The molecular weight excluding hydrogens is 396 g/mol. The molecule has 0 aliphatic heterocycles. The minimum Gasteiger partial charge on any atom is -0.489 e. The van der Waals surface area contributed by atoms with E-state index in [4.69, 9.17) is 16.3 Å². The molecule has 0 saturated heterocycles. The Morgan fingerprint density at radius 1 is 0.900 bits per heavy atom. The fraction of sp³-hybridized carbons (Fsp3) is 0.0400. The third-order valence-electron chi connectivity index (χ3n) is 4.61. The van der Waals surface area contributed by atoms with Crippen LogP contribution in [0.15, 0.2) is 96.1 Å². The van der Waals surface area contributed by atoms with Gasteiger partial charge in [0.15, 0.2) is 0 Å². The molecule has 0 radical (unpaired) electrons. The molecule has 0 bridgehead atoms. The lowest BCUT2D eigenvalue weighted by atomic mass is 10.0. The highest BCUT2D eigenvalue weighted by atomic mass is 35.5. The van der Waals surface area contributed by atoms with Crippen LogP contribution in [0.4, 0.5) is 0 Å². The molecule has 30 heavy (non-hydrogen) atoms. The lowest BCUT2D eigenvalue weighted by molar-refractivity contribution is 0.0957. The van der Waals surface area contributed by atoms with E-state index in [9.17, 15) is 4.79 Å². The number of carbonyl (C=O) groups excluding carboxylic acids is 1. The molecule has 148 valence electrons. The molecule has 1 amide bonds. The number of hydrogen-bond acceptors (Lipinski definition) is 3. The highest BCUT2D eigenvalue weighted by Gasteiger charge is 2.08. The normalized spacial score (nSPS) is 11.0. The highest BCUT2D eigenvalue weighted by molar-refractivity contribution is 6.30. The fourth-order valence-corrected chi connectivity index (χ4v) is 3.17. The number of carbonyl (C=O) groups is 1. The lowest BCUT2D eigenvalue weighted by Crippen LogP contribution is -2.17. The maximum Gasteiger partial charge on any atom is 0.271 e. The zero-order valence-corrected chi connectivity index (χ0v) is 16.8. The first-order valence-corrected chi connectivity index (χ1v) is 9.85. The van der Waals surface area contributed by atoms with Crippen LogP contribution < -0.4 is 10.2 Å². The van der Waals surface area contributed by atoms with E-state index in [1.165, 1.54) is 0 Å². The van der Waals surface area contributed by atoms with Crippen LogP contribution in [0.25, 0.3) is 10.8 Å². The Balaban J connectivity index is 1.35. The molecule has 0 heterocycles. The number of halogens is 1. The van der Waals surface area contributed by atoms with Gasteiger partial charge in [0.25, 0.3) is 5.91 Å². The average molecular weight is 415 g/mol. The van der Waals surface area contributed by atoms with E-state index < -0.39 is 0 Å². The Labute approximate surface area is 179 Å². The van der Waals surface area contributed by atoms with Crippen molar-refractivity contribution in [3.05, 3.63) is 113 Å². The van der Waals surface area contributed by atoms with Crippen LogP contribution in [0.1, 0.15) is 21.5 Å². The number of nitrogens with zero attached hydrogens (tertiary/aromatic N) is 1. The van der Waals surface area contributed by atoms with Crippen molar-refractivity contribution >= 4 is 34.5 Å². The molecule has 4 nitrogen and oxygen atoms in total. The van der Waals surface area contributed by atoms with Gasteiger partial charge in [-0.05, 0) is 64.4 Å². The summed E-state index contributed by atoms with van der Waals surface area (Å²) in [6, 6.07) is 28.4. The van der Waals surface area contributed by atoms with Crippen LogP contribution in [0.5, 0.6) is 5.75 Å². The third-order valence-corrected chi connectivity index (χ3v) is 4.86. The fourth-order valence-electron chi connectivity index (χ4n) is 3.05. The van der Waals surface area contributed by atoms with Crippen LogP contribution in [-0.2, 0) is 6.61 Å². The van der Waals surface area contributed by atoms with Gasteiger partial charge in [-0.3, -0.25) is 4.79 Å². The summed E-state index contributed by atoms with van der Waals surface area (Å²) in [6.07, 6.45) is 1.60. The Bertz CT molecular complexity index is 1180. The molecule has 0 aliphatic carbocycles. The number of rotatable bonds is 6. The Kier molecular flexibility index (Phi) is 6.06. The van der Waals surface area contributed by atoms with Gasteiger partial charge < -0.3 is 4.74 Å². The van der Waals surface area contributed by atoms with E-state index in [0.29, 0.717) is 17.2 Å². The van der Waals surface area contributed by atoms with E-state index >= 15 is 0 Å². The summed E-state index contributed by atoms with van der Waals surface area (Å²) in [6.45, 7) is 0.464. The molecule has 4 aromatic rings. The predicted molar refractivity (Wildman–Crippen MR) is 121 cm³/mol. The third kappa shape index (κ3) is 4.85. The summed E-state index contributed by atoms with van der Waals surface area (Å²) in [7, 11) is 0.